The summed E-state index contributed by atoms with van der Waals surface area (Å²) in [5.74, 6) is 0.146. The van der Waals surface area contributed by atoms with Gasteiger partial charge < -0.3 is 10.3 Å². The molecule has 0 saturated heterocycles. The van der Waals surface area contributed by atoms with Gasteiger partial charge in [0, 0.05) is 24.4 Å². The topological polar surface area (TPSA) is 109 Å². The summed E-state index contributed by atoms with van der Waals surface area (Å²) in [5, 5.41) is 4.59. The zero-order chi connectivity index (χ0) is 23.8. The average Bonchev–Trinajstić information content (AvgIpc) is 3.15. The zero-order valence-corrected chi connectivity index (χ0v) is 17.6. The Hall–Kier alpha value is -3.73. The minimum Gasteiger partial charge on any atom is -0.383 e. The van der Waals surface area contributed by atoms with Crippen LogP contribution in [0.1, 0.15) is 27.0 Å². The van der Waals surface area contributed by atoms with Crippen molar-refractivity contribution in [1.29, 1.82) is 0 Å². The van der Waals surface area contributed by atoms with E-state index in [4.69, 9.17) is 17.3 Å². The second-order valence-corrected chi connectivity index (χ2v) is 7.61. The van der Waals surface area contributed by atoms with Gasteiger partial charge in [0.2, 0.25) is 5.28 Å². The predicted molar refractivity (Wildman–Crippen MR) is 115 cm³/mol. The molecule has 170 valence electrons. The molecule has 0 fully saturated rings. The van der Waals surface area contributed by atoms with Gasteiger partial charge in [-0.1, -0.05) is 12.1 Å². The third kappa shape index (κ3) is 4.72. The number of alkyl halides is 3. The highest BCUT2D eigenvalue weighted by Crippen LogP contribution is 2.33. The van der Waals surface area contributed by atoms with Gasteiger partial charge in [-0.2, -0.15) is 23.3 Å². The highest BCUT2D eigenvalue weighted by Gasteiger charge is 2.33. The van der Waals surface area contributed by atoms with E-state index < -0.39 is 17.3 Å². The van der Waals surface area contributed by atoms with Crippen LogP contribution in [0.2, 0.25) is 5.28 Å². The van der Waals surface area contributed by atoms with Gasteiger partial charge in [0.15, 0.2) is 11.9 Å². The molecule has 0 spiro atoms. The molecule has 12 heteroatoms. The largest absolute Gasteiger partial charge is 0.416 e. The Balaban J connectivity index is 1.67. The van der Waals surface area contributed by atoms with Crippen LogP contribution in [0.5, 0.6) is 0 Å². The molecule has 0 aliphatic rings. The van der Waals surface area contributed by atoms with Gasteiger partial charge in [-0.15, -0.1) is 0 Å². The standard InChI is InChI=1S/C21H16ClF3N6O2/c22-20-28-18(26)15-8-27-31(19(15)29-20)10-12-1-3-16(21(23,24)25)14(7-12)5-6-30-9-13(11-32)2-4-17(30)33/h1-4,7-9,11H,5-6,10H2,(H2,26,28,29). The summed E-state index contributed by atoms with van der Waals surface area (Å²) in [7, 11) is 0. The molecule has 0 aliphatic heterocycles. The predicted octanol–water partition coefficient (Wildman–Crippen LogP) is 3.35. The molecule has 8 nitrogen and oxygen atoms in total. The number of aromatic nitrogens is 5. The highest BCUT2D eigenvalue weighted by molar-refractivity contribution is 6.28. The fourth-order valence-electron chi connectivity index (χ4n) is 3.50. The van der Waals surface area contributed by atoms with Crippen molar-refractivity contribution in [2.75, 3.05) is 5.73 Å². The van der Waals surface area contributed by atoms with Crippen LogP contribution in [-0.2, 0) is 25.7 Å². The first-order valence-electron chi connectivity index (χ1n) is 9.65. The van der Waals surface area contributed by atoms with E-state index in [1.54, 1.807) is 0 Å². The van der Waals surface area contributed by atoms with Crippen molar-refractivity contribution in [3.63, 3.8) is 0 Å². The first-order valence-corrected chi connectivity index (χ1v) is 10.0. The number of nitrogens with two attached hydrogens (primary N) is 1. The molecule has 4 aromatic rings. The summed E-state index contributed by atoms with van der Waals surface area (Å²) in [4.78, 5) is 30.9. The molecule has 2 N–H and O–H groups in total. The maximum atomic E-state index is 13.6. The summed E-state index contributed by atoms with van der Waals surface area (Å²) in [6.07, 6.45) is -1.31. The van der Waals surface area contributed by atoms with E-state index in [0.717, 1.165) is 6.07 Å². The highest BCUT2D eigenvalue weighted by atomic mass is 35.5. The average molecular weight is 477 g/mol. The number of anilines is 1. The number of rotatable bonds is 6. The molecule has 3 aromatic heterocycles. The molecular formula is C21H16ClF3N6O2. The van der Waals surface area contributed by atoms with Crippen LogP contribution in [0.25, 0.3) is 11.0 Å². The molecule has 0 amide bonds. The number of hydrogen-bond acceptors (Lipinski definition) is 6. The summed E-state index contributed by atoms with van der Waals surface area (Å²) in [5.41, 5.74) is 5.75. The Morgan fingerprint density at radius 1 is 1.15 bits per heavy atom. The molecule has 3 heterocycles. The Kier molecular flexibility index (Phi) is 5.90. The Morgan fingerprint density at radius 2 is 1.94 bits per heavy atom. The van der Waals surface area contributed by atoms with E-state index in [-0.39, 0.29) is 41.7 Å². The summed E-state index contributed by atoms with van der Waals surface area (Å²) in [6, 6.07) is 6.32. The van der Waals surface area contributed by atoms with Gasteiger partial charge in [0.05, 0.1) is 23.7 Å². The maximum Gasteiger partial charge on any atom is 0.416 e. The van der Waals surface area contributed by atoms with Gasteiger partial charge in [0.25, 0.3) is 5.56 Å². The van der Waals surface area contributed by atoms with E-state index in [9.17, 15) is 22.8 Å². The first-order chi connectivity index (χ1) is 15.7. The number of halogens is 4. The molecular weight excluding hydrogens is 461 g/mol. The number of pyridine rings is 1. The van der Waals surface area contributed by atoms with Crippen molar-refractivity contribution in [3.05, 3.63) is 80.6 Å². The number of hydrogen-bond donors (Lipinski definition) is 1. The normalized spacial score (nSPS) is 11.8. The fraction of sp³-hybridized carbons (Fsp3) is 0.190. The lowest BCUT2D eigenvalue weighted by atomic mass is 10.0. The van der Waals surface area contributed by atoms with Crippen LogP contribution in [0.15, 0.2) is 47.5 Å². The maximum absolute atomic E-state index is 13.6. The monoisotopic (exact) mass is 476 g/mol. The number of nitrogen functional groups attached to an aromatic ring is 1. The number of aryl methyl sites for hydroxylation is 2. The quantitative estimate of drug-likeness (QED) is 0.338. The number of fused-ring (bicyclic) bond motifs is 1. The molecule has 1 aromatic carbocycles. The number of aldehydes is 1. The molecule has 33 heavy (non-hydrogen) atoms. The molecule has 0 aliphatic carbocycles. The number of nitrogens with zero attached hydrogens (tertiary/aromatic N) is 5. The van der Waals surface area contributed by atoms with E-state index in [1.165, 1.54) is 45.9 Å². The second-order valence-electron chi connectivity index (χ2n) is 7.27. The van der Waals surface area contributed by atoms with Gasteiger partial charge in [0.1, 0.15) is 5.82 Å². The van der Waals surface area contributed by atoms with Crippen LogP contribution in [0.3, 0.4) is 0 Å². The Labute approximate surface area is 189 Å². The van der Waals surface area contributed by atoms with Crippen molar-refractivity contribution >= 4 is 34.7 Å². The fourth-order valence-corrected chi connectivity index (χ4v) is 3.67. The van der Waals surface area contributed by atoms with Gasteiger partial charge >= 0.3 is 6.18 Å². The lowest BCUT2D eigenvalue weighted by molar-refractivity contribution is -0.138. The molecule has 0 bridgehead atoms. The van der Waals surface area contributed by atoms with Crippen molar-refractivity contribution in [2.45, 2.75) is 25.7 Å². The van der Waals surface area contributed by atoms with Gasteiger partial charge in [-0.05, 0) is 41.3 Å². The zero-order valence-electron chi connectivity index (χ0n) is 16.9. The lowest BCUT2D eigenvalue weighted by Gasteiger charge is -2.15. The first kappa shape index (κ1) is 22.5. The van der Waals surface area contributed by atoms with Crippen LogP contribution in [-0.4, -0.2) is 30.6 Å². The molecule has 0 radical (unpaired) electrons. The van der Waals surface area contributed by atoms with E-state index >= 15 is 0 Å². The van der Waals surface area contributed by atoms with Gasteiger partial charge in [-0.3, -0.25) is 9.59 Å². The Bertz CT molecular complexity index is 1410. The molecule has 0 atom stereocenters. The van der Waals surface area contributed by atoms with Crippen LogP contribution in [0.4, 0.5) is 19.0 Å². The van der Waals surface area contributed by atoms with Gasteiger partial charge in [-0.25, -0.2) is 9.67 Å². The minimum atomic E-state index is -4.57. The van der Waals surface area contributed by atoms with E-state index in [0.29, 0.717) is 22.9 Å². The summed E-state index contributed by atoms with van der Waals surface area (Å²) >= 11 is 5.87. The number of benzene rings is 1. The summed E-state index contributed by atoms with van der Waals surface area (Å²) in [6.45, 7) is 0.0824. The van der Waals surface area contributed by atoms with Crippen LogP contribution < -0.4 is 11.3 Å². The number of carbonyl (C=O) groups excluding carboxylic acids is 1. The summed E-state index contributed by atoms with van der Waals surface area (Å²) < 4.78 is 43.5. The van der Waals surface area contributed by atoms with Crippen LogP contribution >= 0.6 is 11.6 Å². The Morgan fingerprint density at radius 3 is 2.67 bits per heavy atom. The SMILES string of the molecule is Nc1nc(Cl)nc2c1cnn2Cc1ccc(C(F)(F)F)c(CCn2cc(C=O)ccc2=O)c1. The third-order valence-electron chi connectivity index (χ3n) is 5.07. The molecule has 0 unspecified atom stereocenters. The molecule has 4 rings (SSSR count). The minimum absolute atomic E-state index is 0.00652. The van der Waals surface area contributed by atoms with Crippen molar-refractivity contribution in [1.82, 2.24) is 24.3 Å². The van der Waals surface area contributed by atoms with Crippen molar-refractivity contribution in [2.24, 2.45) is 0 Å². The smallest absolute Gasteiger partial charge is 0.383 e. The van der Waals surface area contributed by atoms with Crippen LogP contribution in [0, 0.1) is 0 Å². The van der Waals surface area contributed by atoms with E-state index in [2.05, 4.69) is 15.1 Å². The third-order valence-corrected chi connectivity index (χ3v) is 5.24. The lowest BCUT2D eigenvalue weighted by Crippen LogP contribution is -2.21. The molecule has 0 saturated carbocycles. The van der Waals surface area contributed by atoms with Crippen molar-refractivity contribution < 1.29 is 18.0 Å². The number of carbonyl (C=O) groups is 1. The second kappa shape index (κ2) is 8.66. The van der Waals surface area contributed by atoms with Crippen molar-refractivity contribution in [3.8, 4) is 0 Å². The van der Waals surface area contributed by atoms with E-state index in [1.807, 2.05) is 0 Å².